The quantitative estimate of drug-likeness (QED) is 0.400. The van der Waals surface area contributed by atoms with Crippen molar-refractivity contribution in [1.29, 1.82) is 0 Å². The second-order valence-corrected chi connectivity index (χ2v) is 5.84. The molecular formula is C17H11ClN4O2. The molecule has 0 atom stereocenters. The lowest BCUT2D eigenvalue weighted by molar-refractivity contribution is -0.384. The predicted octanol–water partition coefficient (Wildman–Crippen LogP) is 4.42. The summed E-state index contributed by atoms with van der Waals surface area (Å²) in [5.74, 6) is 0.717. The van der Waals surface area contributed by atoms with Gasteiger partial charge in [0.1, 0.15) is 5.82 Å². The van der Waals surface area contributed by atoms with E-state index in [1.54, 1.807) is 18.2 Å². The highest BCUT2D eigenvalue weighted by Crippen LogP contribution is 2.36. The van der Waals surface area contributed by atoms with Crippen molar-refractivity contribution in [3.63, 3.8) is 0 Å². The summed E-state index contributed by atoms with van der Waals surface area (Å²) >= 11 is 6.34. The first kappa shape index (κ1) is 14.6. The average molecular weight is 339 g/mol. The van der Waals surface area contributed by atoms with Crippen LogP contribution in [0.5, 0.6) is 0 Å². The molecule has 7 heteroatoms. The molecule has 2 aromatic heterocycles. The van der Waals surface area contributed by atoms with Crippen molar-refractivity contribution in [2.45, 2.75) is 6.92 Å². The molecule has 2 aromatic carbocycles. The first-order valence-corrected chi connectivity index (χ1v) is 7.62. The first-order chi connectivity index (χ1) is 11.6. The van der Waals surface area contributed by atoms with E-state index in [9.17, 15) is 10.1 Å². The summed E-state index contributed by atoms with van der Waals surface area (Å²) in [5.41, 5.74) is 3.09. The van der Waals surface area contributed by atoms with Gasteiger partial charge >= 0.3 is 0 Å². The summed E-state index contributed by atoms with van der Waals surface area (Å²) in [6.45, 7) is 1.84. The Bertz CT molecular complexity index is 1120. The number of nitrogens with zero attached hydrogens (tertiary/aromatic N) is 4. The highest BCUT2D eigenvalue weighted by Gasteiger charge is 2.16. The maximum Gasteiger partial charge on any atom is 0.270 e. The van der Waals surface area contributed by atoms with E-state index in [-0.39, 0.29) is 5.69 Å². The Labute approximate surface area is 141 Å². The van der Waals surface area contributed by atoms with Crippen molar-refractivity contribution in [3.8, 4) is 11.1 Å². The number of aromatic nitrogens is 3. The molecule has 0 fully saturated rings. The monoisotopic (exact) mass is 338 g/mol. The lowest BCUT2D eigenvalue weighted by Gasteiger charge is -2.11. The van der Waals surface area contributed by atoms with Crippen LogP contribution in [0.3, 0.4) is 0 Å². The van der Waals surface area contributed by atoms with Crippen LogP contribution in [0.2, 0.25) is 5.02 Å². The minimum absolute atomic E-state index is 0.0286. The van der Waals surface area contributed by atoms with E-state index in [4.69, 9.17) is 11.6 Å². The van der Waals surface area contributed by atoms with Crippen molar-refractivity contribution < 1.29 is 4.92 Å². The van der Waals surface area contributed by atoms with E-state index in [1.165, 1.54) is 6.07 Å². The largest absolute Gasteiger partial charge is 0.279 e. The lowest BCUT2D eigenvalue weighted by Crippen LogP contribution is -1.96. The van der Waals surface area contributed by atoms with Gasteiger partial charge in [-0.1, -0.05) is 29.8 Å². The van der Waals surface area contributed by atoms with Crippen molar-refractivity contribution >= 4 is 33.8 Å². The normalized spacial score (nSPS) is 11.2. The van der Waals surface area contributed by atoms with Gasteiger partial charge in [-0.05, 0) is 30.7 Å². The fourth-order valence-corrected chi connectivity index (χ4v) is 3.17. The topological polar surface area (TPSA) is 73.3 Å². The molecule has 0 saturated heterocycles. The maximum absolute atomic E-state index is 11.2. The standard InChI is InChI=1S/C17H11ClN4O2/c1-10-19-20-17-9-13(12-4-2-3-5-15(12)18)14-8-11(22(23)24)6-7-16(14)21(10)17/h2-9H,1H3. The number of hydrogen-bond acceptors (Lipinski definition) is 4. The number of halogens is 1. The van der Waals surface area contributed by atoms with Gasteiger partial charge in [-0.15, -0.1) is 10.2 Å². The Balaban J connectivity index is 2.19. The summed E-state index contributed by atoms with van der Waals surface area (Å²) in [7, 11) is 0. The Morgan fingerprint density at radius 2 is 1.88 bits per heavy atom. The fraction of sp³-hybridized carbons (Fsp3) is 0.0588. The molecule has 0 aliphatic carbocycles. The van der Waals surface area contributed by atoms with E-state index in [0.717, 1.165) is 27.9 Å². The van der Waals surface area contributed by atoms with Gasteiger partial charge in [0, 0.05) is 28.1 Å². The summed E-state index contributed by atoms with van der Waals surface area (Å²) in [6.07, 6.45) is 0. The maximum atomic E-state index is 11.2. The van der Waals surface area contributed by atoms with Crippen LogP contribution < -0.4 is 0 Å². The number of nitro benzene ring substituents is 1. The molecule has 0 aliphatic rings. The number of rotatable bonds is 2. The van der Waals surface area contributed by atoms with Crippen LogP contribution in [0.4, 0.5) is 5.69 Å². The van der Waals surface area contributed by atoms with Gasteiger partial charge in [0.2, 0.25) is 0 Å². The Morgan fingerprint density at radius 3 is 2.62 bits per heavy atom. The van der Waals surface area contributed by atoms with Crippen LogP contribution >= 0.6 is 11.6 Å². The van der Waals surface area contributed by atoms with Crippen LogP contribution in [0, 0.1) is 17.0 Å². The molecule has 4 rings (SSSR count). The van der Waals surface area contributed by atoms with E-state index < -0.39 is 4.92 Å². The summed E-state index contributed by atoms with van der Waals surface area (Å²) in [6, 6.07) is 14.0. The summed E-state index contributed by atoms with van der Waals surface area (Å²) < 4.78 is 1.87. The highest BCUT2D eigenvalue weighted by atomic mass is 35.5. The van der Waals surface area contributed by atoms with Gasteiger partial charge in [0.05, 0.1) is 10.4 Å². The predicted molar refractivity (Wildman–Crippen MR) is 92.3 cm³/mol. The van der Waals surface area contributed by atoms with Gasteiger partial charge in [-0.2, -0.15) is 0 Å². The molecule has 118 valence electrons. The van der Waals surface area contributed by atoms with Crippen LogP contribution in [0.15, 0.2) is 48.5 Å². The molecular weight excluding hydrogens is 328 g/mol. The zero-order valence-electron chi connectivity index (χ0n) is 12.6. The summed E-state index contributed by atoms with van der Waals surface area (Å²) in [5, 5.41) is 20.8. The molecule has 0 N–H and O–H groups in total. The molecule has 0 radical (unpaired) electrons. The lowest BCUT2D eigenvalue weighted by atomic mass is 10.0. The van der Waals surface area contributed by atoms with Crippen molar-refractivity contribution in [3.05, 3.63) is 69.5 Å². The molecule has 0 unspecified atom stereocenters. The number of hydrogen-bond donors (Lipinski definition) is 0. The minimum Gasteiger partial charge on any atom is -0.279 e. The van der Waals surface area contributed by atoms with Gasteiger partial charge in [0.15, 0.2) is 5.65 Å². The fourth-order valence-electron chi connectivity index (χ4n) is 2.93. The number of non-ortho nitro benzene ring substituents is 1. The molecule has 0 saturated carbocycles. The highest BCUT2D eigenvalue weighted by molar-refractivity contribution is 6.33. The van der Waals surface area contributed by atoms with E-state index in [1.807, 2.05) is 35.6 Å². The molecule has 0 bridgehead atoms. The first-order valence-electron chi connectivity index (χ1n) is 7.24. The van der Waals surface area contributed by atoms with Gasteiger partial charge in [-0.25, -0.2) is 0 Å². The molecule has 6 nitrogen and oxygen atoms in total. The third-order valence-corrected chi connectivity index (χ3v) is 4.34. The minimum atomic E-state index is -0.404. The molecule has 0 aliphatic heterocycles. The second kappa shape index (κ2) is 5.28. The Hall–Kier alpha value is -2.99. The third-order valence-electron chi connectivity index (χ3n) is 4.01. The average Bonchev–Trinajstić information content (AvgIpc) is 2.95. The molecule has 0 amide bonds. The van der Waals surface area contributed by atoms with Gasteiger partial charge < -0.3 is 0 Å². The van der Waals surface area contributed by atoms with E-state index in [0.29, 0.717) is 10.7 Å². The van der Waals surface area contributed by atoms with Crippen LogP contribution in [-0.2, 0) is 0 Å². The Kier molecular flexibility index (Phi) is 3.21. The zero-order valence-corrected chi connectivity index (χ0v) is 13.4. The van der Waals surface area contributed by atoms with Crippen molar-refractivity contribution in [2.24, 2.45) is 0 Å². The number of benzene rings is 2. The number of fused-ring (bicyclic) bond motifs is 3. The third kappa shape index (κ3) is 2.11. The van der Waals surface area contributed by atoms with Gasteiger partial charge in [-0.3, -0.25) is 14.5 Å². The molecule has 0 spiro atoms. The van der Waals surface area contributed by atoms with Crippen molar-refractivity contribution in [2.75, 3.05) is 0 Å². The van der Waals surface area contributed by atoms with E-state index >= 15 is 0 Å². The number of pyridine rings is 1. The molecule has 2 heterocycles. The van der Waals surface area contributed by atoms with Crippen LogP contribution in [0.1, 0.15) is 5.82 Å². The zero-order chi connectivity index (χ0) is 16.8. The second-order valence-electron chi connectivity index (χ2n) is 5.44. The van der Waals surface area contributed by atoms with Crippen LogP contribution in [0.25, 0.3) is 27.7 Å². The SMILES string of the molecule is Cc1nnc2cc(-c3ccccc3Cl)c3cc([N+](=O)[O-])ccc3n12. The summed E-state index contributed by atoms with van der Waals surface area (Å²) in [4.78, 5) is 10.8. The smallest absolute Gasteiger partial charge is 0.270 e. The van der Waals surface area contributed by atoms with Crippen LogP contribution in [-0.4, -0.2) is 19.5 Å². The molecule has 24 heavy (non-hydrogen) atoms. The Morgan fingerprint density at radius 1 is 1.08 bits per heavy atom. The van der Waals surface area contributed by atoms with Gasteiger partial charge in [0.25, 0.3) is 5.69 Å². The van der Waals surface area contributed by atoms with Crippen molar-refractivity contribution in [1.82, 2.24) is 14.6 Å². The molecule has 4 aromatic rings. The number of aryl methyl sites for hydroxylation is 1. The number of nitro groups is 1. The van der Waals surface area contributed by atoms with E-state index in [2.05, 4.69) is 10.2 Å².